The molecule has 150 valence electrons. The summed E-state index contributed by atoms with van der Waals surface area (Å²) in [7, 11) is 5.76. The fourth-order valence-corrected chi connectivity index (χ4v) is 4.72. The summed E-state index contributed by atoms with van der Waals surface area (Å²) in [5, 5.41) is 0. The maximum atomic E-state index is 6.57. The van der Waals surface area contributed by atoms with Gasteiger partial charge < -0.3 is 4.74 Å². The number of rotatable bonds is 7. The van der Waals surface area contributed by atoms with E-state index >= 15 is 0 Å². The molecule has 0 aliphatic heterocycles. The molecule has 1 saturated carbocycles. The van der Waals surface area contributed by atoms with E-state index in [-0.39, 0.29) is 0 Å². The molecule has 3 rings (SSSR count). The molecule has 0 saturated heterocycles. The molecule has 1 fully saturated rings. The standard InChI is InChI=1S/C25H34OP2/c1-4-25(11-9-19(3)10-12-25)17-26-24-22(15-27)13-21(14-23(24)16-28)20-7-5-18(2)6-8-20/h5-8,13-14H,3-4,9-12,15-17,27-28H2,1-2H3. The molecule has 2 atom stereocenters. The van der Waals surface area contributed by atoms with Crippen LogP contribution in [0.2, 0.25) is 0 Å². The summed E-state index contributed by atoms with van der Waals surface area (Å²) in [4.78, 5) is 0. The van der Waals surface area contributed by atoms with Crippen molar-refractivity contribution in [2.75, 3.05) is 6.61 Å². The molecular formula is C25H34OP2. The normalized spacial score (nSPS) is 16.2. The third-order valence-electron chi connectivity index (χ3n) is 6.36. The van der Waals surface area contributed by atoms with Crippen LogP contribution in [0.5, 0.6) is 5.75 Å². The second-order valence-corrected chi connectivity index (χ2v) is 9.11. The van der Waals surface area contributed by atoms with Gasteiger partial charge in [0.1, 0.15) is 5.75 Å². The van der Waals surface area contributed by atoms with Gasteiger partial charge in [0.05, 0.1) is 6.61 Å². The monoisotopic (exact) mass is 412 g/mol. The number of aryl methyl sites for hydroxylation is 1. The Bertz CT molecular complexity index is 788. The van der Waals surface area contributed by atoms with E-state index in [1.54, 1.807) is 0 Å². The van der Waals surface area contributed by atoms with Gasteiger partial charge in [-0.3, -0.25) is 0 Å². The fourth-order valence-electron chi connectivity index (χ4n) is 4.11. The second-order valence-electron chi connectivity index (χ2n) is 8.29. The molecule has 0 radical (unpaired) electrons. The van der Waals surface area contributed by atoms with Gasteiger partial charge in [0.15, 0.2) is 0 Å². The molecular weight excluding hydrogens is 378 g/mol. The van der Waals surface area contributed by atoms with Crippen molar-refractivity contribution in [1.29, 1.82) is 0 Å². The van der Waals surface area contributed by atoms with Crippen molar-refractivity contribution in [2.45, 2.75) is 58.3 Å². The lowest BCUT2D eigenvalue weighted by atomic mass is 9.71. The third kappa shape index (κ3) is 4.87. The van der Waals surface area contributed by atoms with Crippen molar-refractivity contribution in [3.8, 4) is 16.9 Å². The molecule has 0 aromatic heterocycles. The smallest absolute Gasteiger partial charge is 0.126 e. The van der Waals surface area contributed by atoms with E-state index in [0.29, 0.717) is 5.41 Å². The van der Waals surface area contributed by atoms with Crippen molar-refractivity contribution in [1.82, 2.24) is 0 Å². The maximum Gasteiger partial charge on any atom is 0.126 e. The highest BCUT2D eigenvalue weighted by Gasteiger charge is 2.32. The lowest BCUT2D eigenvalue weighted by Crippen LogP contribution is -2.31. The van der Waals surface area contributed by atoms with Gasteiger partial charge in [-0.25, -0.2) is 0 Å². The summed E-state index contributed by atoms with van der Waals surface area (Å²) in [5.41, 5.74) is 8.12. The van der Waals surface area contributed by atoms with E-state index in [1.165, 1.54) is 52.7 Å². The van der Waals surface area contributed by atoms with Crippen LogP contribution in [0.4, 0.5) is 0 Å². The summed E-state index contributed by atoms with van der Waals surface area (Å²) >= 11 is 0. The Kier molecular flexibility index (Phi) is 7.36. The lowest BCUT2D eigenvalue weighted by molar-refractivity contribution is 0.104. The van der Waals surface area contributed by atoms with Gasteiger partial charge in [-0.1, -0.05) is 48.9 Å². The first-order valence-corrected chi connectivity index (χ1v) is 12.1. The predicted molar refractivity (Wildman–Crippen MR) is 129 cm³/mol. The number of allylic oxidation sites excluding steroid dienone is 1. The van der Waals surface area contributed by atoms with Gasteiger partial charge >= 0.3 is 0 Å². The van der Waals surface area contributed by atoms with Gasteiger partial charge in [0, 0.05) is 5.41 Å². The third-order valence-corrected chi connectivity index (χ3v) is 7.24. The van der Waals surface area contributed by atoms with Crippen LogP contribution in [-0.4, -0.2) is 6.61 Å². The van der Waals surface area contributed by atoms with Gasteiger partial charge in [-0.2, -0.15) is 0 Å². The van der Waals surface area contributed by atoms with Crippen LogP contribution in [0.1, 0.15) is 55.7 Å². The molecule has 2 aromatic rings. The molecule has 1 aliphatic carbocycles. The first-order chi connectivity index (χ1) is 13.5. The van der Waals surface area contributed by atoms with Crippen LogP contribution < -0.4 is 4.74 Å². The van der Waals surface area contributed by atoms with Gasteiger partial charge in [-0.15, -0.1) is 18.5 Å². The SMILES string of the molecule is C=C1CCC(CC)(COc2c(CP)cc(-c3ccc(C)cc3)cc2CP)CC1. The molecule has 2 aromatic carbocycles. The van der Waals surface area contributed by atoms with E-state index in [2.05, 4.69) is 75.3 Å². The van der Waals surface area contributed by atoms with Crippen molar-refractivity contribution in [2.24, 2.45) is 5.41 Å². The first kappa shape index (κ1) is 21.5. The van der Waals surface area contributed by atoms with Crippen molar-refractivity contribution >= 4 is 18.5 Å². The number of hydrogen-bond acceptors (Lipinski definition) is 1. The largest absolute Gasteiger partial charge is 0.492 e. The summed E-state index contributed by atoms with van der Waals surface area (Å²) in [5.74, 6) is 1.10. The Hall–Kier alpha value is -1.16. The first-order valence-electron chi connectivity index (χ1n) is 10.4. The molecule has 1 nitrogen and oxygen atoms in total. The maximum absolute atomic E-state index is 6.57. The zero-order valence-electron chi connectivity index (χ0n) is 17.4. The number of hydrogen-bond donors (Lipinski definition) is 0. The van der Waals surface area contributed by atoms with Crippen molar-refractivity contribution < 1.29 is 4.74 Å². The van der Waals surface area contributed by atoms with E-state index in [0.717, 1.165) is 37.5 Å². The van der Waals surface area contributed by atoms with E-state index in [9.17, 15) is 0 Å². The summed E-state index contributed by atoms with van der Waals surface area (Å²) in [6.07, 6.45) is 7.69. The Morgan fingerprint density at radius 3 is 2.04 bits per heavy atom. The summed E-state index contributed by atoms with van der Waals surface area (Å²) in [6.45, 7) is 9.44. The van der Waals surface area contributed by atoms with Gasteiger partial charge in [-0.05, 0) is 85.7 Å². The fraction of sp³-hybridized carbons (Fsp3) is 0.440. The second kappa shape index (κ2) is 9.56. The average Bonchev–Trinajstić information content (AvgIpc) is 2.73. The topological polar surface area (TPSA) is 9.23 Å². The van der Waals surface area contributed by atoms with Gasteiger partial charge in [0.25, 0.3) is 0 Å². The summed E-state index contributed by atoms with van der Waals surface area (Å²) < 4.78 is 6.57. The Balaban J connectivity index is 1.88. The molecule has 3 heteroatoms. The lowest BCUT2D eigenvalue weighted by Gasteiger charge is -2.37. The van der Waals surface area contributed by atoms with Crippen LogP contribution in [-0.2, 0) is 12.3 Å². The highest BCUT2D eigenvalue weighted by molar-refractivity contribution is 7.15. The van der Waals surface area contributed by atoms with E-state index in [4.69, 9.17) is 4.74 Å². The molecule has 1 aliphatic rings. The Labute approximate surface area is 175 Å². The quantitative estimate of drug-likeness (QED) is 0.342. The molecule has 0 heterocycles. The molecule has 0 spiro atoms. The molecule has 0 N–H and O–H groups in total. The Morgan fingerprint density at radius 2 is 1.54 bits per heavy atom. The predicted octanol–water partition coefficient (Wildman–Crippen LogP) is 7.32. The molecule has 0 amide bonds. The zero-order valence-corrected chi connectivity index (χ0v) is 19.7. The van der Waals surface area contributed by atoms with Gasteiger partial charge in [0.2, 0.25) is 0 Å². The molecule has 28 heavy (non-hydrogen) atoms. The highest BCUT2D eigenvalue weighted by atomic mass is 31.0. The van der Waals surface area contributed by atoms with Crippen LogP contribution >= 0.6 is 18.5 Å². The minimum absolute atomic E-state index is 0.299. The van der Waals surface area contributed by atoms with Crippen LogP contribution in [0.3, 0.4) is 0 Å². The van der Waals surface area contributed by atoms with Crippen molar-refractivity contribution in [3.05, 3.63) is 65.2 Å². The van der Waals surface area contributed by atoms with Crippen LogP contribution in [0.15, 0.2) is 48.6 Å². The molecule has 2 unspecified atom stereocenters. The summed E-state index contributed by atoms with van der Waals surface area (Å²) in [6, 6.07) is 13.4. The van der Waals surface area contributed by atoms with Crippen molar-refractivity contribution in [3.63, 3.8) is 0 Å². The highest BCUT2D eigenvalue weighted by Crippen LogP contribution is 2.42. The van der Waals surface area contributed by atoms with E-state index < -0.39 is 0 Å². The zero-order chi connectivity index (χ0) is 20.1. The molecule has 0 bridgehead atoms. The van der Waals surface area contributed by atoms with Crippen LogP contribution in [0.25, 0.3) is 11.1 Å². The average molecular weight is 412 g/mol. The van der Waals surface area contributed by atoms with Crippen LogP contribution in [0, 0.1) is 12.3 Å². The Morgan fingerprint density at radius 1 is 0.964 bits per heavy atom. The van der Waals surface area contributed by atoms with E-state index in [1.807, 2.05) is 0 Å². The minimum atomic E-state index is 0.299. The number of ether oxygens (including phenoxy) is 1. The minimum Gasteiger partial charge on any atom is -0.492 e. The number of benzene rings is 2.